The van der Waals surface area contributed by atoms with Crippen LogP contribution in [-0.4, -0.2) is 5.84 Å². The Bertz CT molecular complexity index is 2020. The van der Waals surface area contributed by atoms with Crippen molar-refractivity contribution < 1.29 is 9.15 Å². The van der Waals surface area contributed by atoms with Crippen LogP contribution >= 0.6 is 0 Å². The van der Waals surface area contributed by atoms with Crippen LogP contribution in [0.4, 0.5) is 0 Å². The number of nitrogens with one attached hydrogen (secondary N) is 1. The summed E-state index contributed by atoms with van der Waals surface area (Å²) in [4.78, 5) is 5.10. The summed E-state index contributed by atoms with van der Waals surface area (Å²) in [5.41, 5.74) is 7.82. The minimum Gasteiger partial charge on any atom is -0.453 e. The number of rotatable bonds is 3. The van der Waals surface area contributed by atoms with Crippen LogP contribution in [0.3, 0.4) is 0 Å². The van der Waals surface area contributed by atoms with E-state index in [4.69, 9.17) is 14.1 Å². The number of ether oxygens (including phenoxy) is 1. The molecule has 2 aliphatic rings. The zero-order valence-electron chi connectivity index (χ0n) is 22.9. The first-order valence-corrected chi connectivity index (χ1v) is 14.0. The van der Waals surface area contributed by atoms with Crippen molar-refractivity contribution in [2.24, 2.45) is 4.99 Å². The molecule has 0 aliphatic carbocycles. The summed E-state index contributed by atoms with van der Waals surface area (Å²) in [6.45, 7) is 4.50. The highest BCUT2D eigenvalue weighted by molar-refractivity contribution is 6.07. The summed E-state index contributed by atoms with van der Waals surface area (Å²) in [7, 11) is 0. The molecule has 41 heavy (non-hydrogen) atoms. The molecule has 2 aliphatic heterocycles. The maximum Gasteiger partial charge on any atom is 0.178 e. The standard InChI is InChI=1S/C37H28N2O2/c1-37(2)28-19-17-25(21-33(28)41-35-29(37)20-18-27-26-15-9-10-16-32(26)40-34(27)35)31-22-30(23-11-5-3-6-12-23)38-36(39-31)24-13-7-4-8-14-24/h3-22,30H,1-2H3,(H,38,39). The predicted octanol–water partition coefficient (Wildman–Crippen LogP) is 9.15. The van der Waals surface area contributed by atoms with Crippen LogP contribution in [0, 0.1) is 0 Å². The Balaban J connectivity index is 1.26. The van der Waals surface area contributed by atoms with Crippen LogP contribution in [0.1, 0.15) is 47.7 Å². The maximum absolute atomic E-state index is 6.73. The lowest BCUT2D eigenvalue weighted by Crippen LogP contribution is -2.31. The van der Waals surface area contributed by atoms with Gasteiger partial charge >= 0.3 is 0 Å². The van der Waals surface area contributed by atoms with E-state index in [0.29, 0.717) is 0 Å². The average Bonchev–Trinajstić information content (AvgIpc) is 3.41. The van der Waals surface area contributed by atoms with Crippen LogP contribution < -0.4 is 10.1 Å². The Hall–Kier alpha value is -5.09. The lowest BCUT2D eigenvalue weighted by Gasteiger charge is -2.34. The molecule has 0 bridgehead atoms. The number of para-hydroxylation sites is 1. The van der Waals surface area contributed by atoms with Gasteiger partial charge in [-0.2, -0.15) is 0 Å². The van der Waals surface area contributed by atoms with Crippen molar-refractivity contribution in [3.8, 4) is 11.5 Å². The van der Waals surface area contributed by atoms with Crippen LogP contribution in [0.25, 0.3) is 27.6 Å². The number of amidine groups is 1. The SMILES string of the molecule is CC1(C)c2ccc(C3=CC(c4ccccc4)NC(c4ccccc4)=N3)cc2Oc2c1ccc1c2oc2ccccc21. The van der Waals surface area contributed by atoms with E-state index in [1.54, 1.807) is 0 Å². The van der Waals surface area contributed by atoms with Gasteiger partial charge in [0, 0.05) is 38.4 Å². The Labute approximate surface area is 238 Å². The van der Waals surface area contributed by atoms with E-state index < -0.39 is 0 Å². The van der Waals surface area contributed by atoms with E-state index in [1.165, 1.54) is 5.56 Å². The summed E-state index contributed by atoms with van der Waals surface area (Å²) < 4.78 is 13.1. The van der Waals surface area contributed by atoms with Crippen molar-refractivity contribution in [3.05, 3.63) is 149 Å². The molecular weight excluding hydrogens is 504 g/mol. The highest BCUT2D eigenvalue weighted by Gasteiger charge is 2.36. The predicted molar refractivity (Wildman–Crippen MR) is 166 cm³/mol. The molecule has 5 aromatic carbocycles. The molecule has 0 saturated carbocycles. The Morgan fingerprint density at radius 2 is 1.44 bits per heavy atom. The summed E-state index contributed by atoms with van der Waals surface area (Å²) in [6.07, 6.45) is 2.20. The van der Waals surface area contributed by atoms with Gasteiger partial charge in [0.05, 0.1) is 11.7 Å². The monoisotopic (exact) mass is 532 g/mol. The van der Waals surface area contributed by atoms with Gasteiger partial charge in [-0.15, -0.1) is 0 Å². The summed E-state index contributed by atoms with van der Waals surface area (Å²) in [5, 5.41) is 5.80. The first-order valence-electron chi connectivity index (χ1n) is 14.0. The van der Waals surface area contributed by atoms with E-state index in [9.17, 15) is 0 Å². The number of aliphatic imine (C=N–C) groups is 1. The molecule has 3 heterocycles. The third-order valence-electron chi connectivity index (χ3n) is 8.39. The van der Waals surface area contributed by atoms with Crippen molar-refractivity contribution in [3.63, 3.8) is 0 Å². The molecular formula is C37H28N2O2. The van der Waals surface area contributed by atoms with E-state index in [-0.39, 0.29) is 11.5 Å². The molecule has 4 nitrogen and oxygen atoms in total. The van der Waals surface area contributed by atoms with Gasteiger partial charge in [0.25, 0.3) is 0 Å². The summed E-state index contributed by atoms with van der Waals surface area (Å²) >= 11 is 0. The topological polar surface area (TPSA) is 46.8 Å². The third-order valence-corrected chi connectivity index (χ3v) is 8.39. The number of hydrogen-bond donors (Lipinski definition) is 1. The van der Waals surface area contributed by atoms with Gasteiger partial charge in [-0.3, -0.25) is 0 Å². The van der Waals surface area contributed by atoms with Gasteiger partial charge < -0.3 is 14.5 Å². The molecule has 1 N–H and O–H groups in total. The van der Waals surface area contributed by atoms with Gasteiger partial charge in [-0.25, -0.2) is 4.99 Å². The van der Waals surface area contributed by atoms with Gasteiger partial charge in [0.2, 0.25) is 0 Å². The number of fused-ring (bicyclic) bond motifs is 6. The number of benzene rings is 5. The van der Waals surface area contributed by atoms with Crippen molar-refractivity contribution in [2.45, 2.75) is 25.3 Å². The van der Waals surface area contributed by atoms with Crippen molar-refractivity contribution in [2.75, 3.05) is 0 Å². The lowest BCUT2D eigenvalue weighted by molar-refractivity contribution is 0.415. The van der Waals surface area contributed by atoms with Crippen molar-refractivity contribution >= 4 is 33.5 Å². The minimum absolute atomic E-state index is 0.0109. The van der Waals surface area contributed by atoms with Gasteiger partial charge in [-0.1, -0.05) is 111 Å². The molecule has 8 rings (SSSR count). The quantitative estimate of drug-likeness (QED) is 0.247. The van der Waals surface area contributed by atoms with E-state index >= 15 is 0 Å². The first kappa shape index (κ1) is 23.8. The van der Waals surface area contributed by atoms with E-state index in [1.807, 2.05) is 42.5 Å². The zero-order valence-corrected chi connectivity index (χ0v) is 22.9. The second-order valence-corrected chi connectivity index (χ2v) is 11.3. The molecule has 6 aromatic rings. The molecule has 1 unspecified atom stereocenters. The largest absolute Gasteiger partial charge is 0.453 e. The fourth-order valence-electron chi connectivity index (χ4n) is 6.18. The average molecular weight is 533 g/mol. The lowest BCUT2D eigenvalue weighted by atomic mass is 9.75. The molecule has 198 valence electrons. The maximum atomic E-state index is 6.73. The molecule has 1 atom stereocenters. The third kappa shape index (κ3) is 3.79. The zero-order chi connectivity index (χ0) is 27.6. The van der Waals surface area contributed by atoms with Crippen LogP contribution in [-0.2, 0) is 5.41 Å². The normalized spacial score (nSPS) is 17.2. The smallest absolute Gasteiger partial charge is 0.178 e. The molecule has 0 radical (unpaired) electrons. The molecule has 0 fully saturated rings. The Morgan fingerprint density at radius 3 is 2.27 bits per heavy atom. The number of nitrogens with zero attached hydrogens (tertiary/aromatic N) is 1. The molecule has 0 amide bonds. The van der Waals surface area contributed by atoms with Gasteiger partial charge in [0.1, 0.15) is 17.2 Å². The molecule has 1 aromatic heterocycles. The first-order chi connectivity index (χ1) is 20.1. The highest BCUT2D eigenvalue weighted by Crippen LogP contribution is 2.52. The fraction of sp³-hybridized carbons (Fsp3) is 0.108. The molecule has 0 spiro atoms. The fourth-order valence-corrected chi connectivity index (χ4v) is 6.18. The Morgan fingerprint density at radius 1 is 0.707 bits per heavy atom. The molecule has 4 heteroatoms. The summed E-state index contributed by atoms with van der Waals surface area (Å²) in [5.74, 6) is 2.48. The second kappa shape index (κ2) is 8.97. The molecule has 0 saturated heterocycles. The van der Waals surface area contributed by atoms with Crippen LogP contribution in [0.5, 0.6) is 11.5 Å². The highest BCUT2D eigenvalue weighted by atomic mass is 16.5. The van der Waals surface area contributed by atoms with Crippen molar-refractivity contribution in [1.82, 2.24) is 5.32 Å². The van der Waals surface area contributed by atoms with E-state index in [0.717, 1.165) is 67.2 Å². The minimum atomic E-state index is -0.262. The summed E-state index contributed by atoms with van der Waals surface area (Å²) in [6, 6.07) is 39.8. The van der Waals surface area contributed by atoms with Crippen LogP contribution in [0.15, 0.2) is 131 Å². The Kier molecular flexibility index (Phi) is 5.20. The van der Waals surface area contributed by atoms with Gasteiger partial charge in [0.15, 0.2) is 11.3 Å². The second-order valence-electron chi connectivity index (χ2n) is 11.3. The number of hydrogen-bond acceptors (Lipinski definition) is 4. The van der Waals surface area contributed by atoms with Crippen molar-refractivity contribution in [1.29, 1.82) is 0 Å². The van der Waals surface area contributed by atoms with Gasteiger partial charge in [-0.05, 0) is 29.8 Å². The van der Waals surface area contributed by atoms with E-state index in [2.05, 4.69) is 98.0 Å². The number of furan rings is 1. The van der Waals surface area contributed by atoms with Crippen LogP contribution in [0.2, 0.25) is 0 Å².